The van der Waals surface area contributed by atoms with E-state index in [2.05, 4.69) is 41.3 Å². The highest BCUT2D eigenvalue weighted by Crippen LogP contribution is 2.16. The van der Waals surface area contributed by atoms with E-state index >= 15 is 0 Å². The van der Waals surface area contributed by atoms with Gasteiger partial charge in [-0.1, -0.05) is 38.1 Å². The zero-order valence-corrected chi connectivity index (χ0v) is 12.8. The van der Waals surface area contributed by atoms with Crippen molar-refractivity contribution in [2.45, 2.75) is 57.3 Å². The Labute approximate surface area is 120 Å². The van der Waals surface area contributed by atoms with Crippen molar-refractivity contribution >= 4 is 11.8 Å². The van der Waals surface area contributed by atoms with E-state index in [9.17, 15) is 0 Å². The van der Waals surface area contributed by atoms with Crippen molar-refractivity contribution in [1.29, 1.82) is 0 Å². The van der Waals surface area contributed by atoms with Crippen LogP contribution < -0.4 is 5.32 Å². The van der Waals surface area contributed by atoms with E-state index in [-0.39, 0.29) is 0 Å². The molecule has 1 aromatic rings. The molecule has 0 aliphatic carbocycles. The van der Waals surface area contributed by atoms with Crippen molar-refractivity contribution in [3.63, 3.8) is 0 Å². The van der Waals surface area contributed by atoms with E-state index in [4.69, 9.17) is 0 Å². The summed E-state index contributed by atoms with van der Waals surface area (Å²) in [5.74, 6) is 1.08. The van der Waals surface area contributed by atoms with E-state index in [1.54, 1.807) is 11.8 Å². The lowest BCUT2D eigenvalue weighted by Gasteiger charge is -2.08. The molecule has 1 rings (SSSR count). The first-order valence-corrected chi connectivity index (χ1v) is 7.96. The Morgan fingerprint density at radius 3 is 2.95 bits per heavy atom. The van der Waals surface area contributed by atoms with Gasteiger partial charge < -0.3 is 5.32 Å². The Morgan fingerprint density at radius 2 is 2.21 bits per heavy atom. The molecule has 0 amide bonds. The molecule has 19 heavy (non-hydrogen) atoms. The Morgan fingerprint density at radius 1 is 1.37 bits per heavy atom. The van der Waals surface area contributed by atoms with Gasteiger partial charge in [0.25, 0.3) is 0 Å². The first-order valence-electron chi connectivity index (χ1n) is 6.97. The second kappa shape index (κ2) is 9.97. The van der Waals surface area contributed by atoms with Crippen molar-refractivity contribution in [1.82, 2.24) is 25.5 Å². The van der Waals surface area contributed by atoms with Gasteiger partial charge in [-0.05, 0) is 29.7 Å². The maximum absolute atomic E-state index is 4.07. The van der Waals surface area contributed by atoms with Crippen LogP contribution in [-0.4, -0.2) is 38.5 Å². The molecule has 108 valence electrons. The molecule has 0 aliphatic rings. The van der Waals surface area contributed by atoms with Gasteiger partial charge in [0, 0.05) is 18.3 Å². The number of allylic oxidation sites excluding steroid dienone is 1. The average molecular weight is 283 g/mol. The third-order valence-corrected chi connectivity index (χ3v) is 3.70. The lowest BCUT2D eigenvalue weighted by Crippen LogP contribution is -2.27. The molecule has 0 saturated heterocycles. The maximum atomic E-state index is 4.07. The SMILES string of the molecule is C=CCCCCCSc1nnnn1CCNC(C)C. The zero-order valence-electron chi connectivity index (χ0n) is 12.0. The zero-order chi connectivity index (χ0) is 13.9. The van der Waals surface area contributed by atoms with Gasteiger partial charge in [0.1, 0.15) is 0 Å². The molecular formula is C13H25N5S. The molecule has 0 radical (unpaired) electrons. The van der Waals surface area contributed by atoms with Crippen LogP contribution in [0.4, 0.5) is 0 Å². The molecule has 0 aromatic carbocycles. The molecular weight excluding hydrogens is 258 g/mol. The van der Waals surface area contributed by atoms with Crippen LogP contribution in [0.5, 0.6) is 0 Å². The van der Waals surface area contributed by atoms with Crippen molar-refractivity contribution in [3.05, 3.63) is 12.7 Å². The van der Waals surface area contributed by atoms with E-state index in [0.29, 0.717) is 6.04 Å². The quantitative estimate of drug-likeness (QED) is 0.384. The first-order chi connectivity index (χ1) is 9.24. The molecule has 0 spiro atoms. The number of aromatic nitrogens is 4. The standard InChI is InChI=1S/C13H25N5S/c1-4-5-6-7-8-11-19-13-15-16-17-18(13)10-9-14-12(2)3/h4,12,14H,1,5-11H2,2-3H3. The van der Waals surface area contributed by atoms with Crippen molar-refractivity contribution < 1.29 is 0 Å². The second-order valence-corrected chi connectivity index (χ2v) is 5.84. The molecule has 5 nitrogen and oxygen atoms in total. The molecule has 0 bridgehead atoms. The molecule has 1 heterocycles. The molecule has 1 aromatic heterocycles. The average Bonchev–Trinajstić information content (AvgIpc) is 2.81. The summed E-state index contributed by atoms with van der Waals surface area (Å²) >= 11 is 1.74. The molecule has 1 N–H and O–H groups in total. The third kappa shape index (κ3) is 7.32. The monoisotopic (exact) mass is 283 g/mol. The summed E-state index contributed by atoms with van der Waals surface area (Å²) in [6, 6.07) is 0.498. The van der Waals surface area contributed by atoms with Crippen molar-refractivity contribution in [2.75, 3.05) is 12.3 Å². The fourth-order valence-corrected chi connectivity index (χ4v) is 2.53. The fraction of sp³-hybridized carbons (Fsp3) is 0.769. The number of unbranched alkanes of at least 4 members (excludes halogenated alkanes) is 3. The van der Waals surface area contributed by atoms with Crippen LogP contribution >= 0.6 is 11.8 Å². The third-order valence-electron chi connectivity index (χ3n) is 2.66. The molecule has 0 unspecified atom stereocenters. The van der Waals surface area contributed by atoms with Crippen LogP contribution in [0, 0.1) is 0 Å². The highest BCUT2D eigenvalue weighted by Gasteiger charge is 2.06. The lowest BCUT2D eigenvalue weighted by molar-refractivity contribution is 0.485. The largest absolute Gasteiger partial charge is 0.313 e. The Balaban J connectivity index is 2.19. The summed E-state index contributed by atoms with van der Waals surface area (Å²) in [6.07, 6.45) is 6.77. The van der Waals surface area contributed by atoms with E-state index in [1.165, 1.54) is 19.3 Å². The molecule has 0 atom stereocenters. The van der Waals surface area contributed by atoms with Crippen molar-refractivity contribution in [2.24, 2.45) is 0 Å². The fourth-order valence-electron chi connectivity index (χ4n) is 1.63. The smallest absolute Gasteiger partial charge is 0.209 e. The number of hydrogen-bond donors (Lipinski definition) is 1. The summed E-state index contributed by atoms with van der Waals surface area (Å²) in [4.78, 5) is 0. The number of tetrazole rings is 1. The normalized spacial score (nSPS) is 11.1. The van der Waals surface area contributed by atoms with Crippen LogP contribution in [0.1, 0.15) is 39.5 Å². The summed E-state index contributed by atoms with van der Waals surface area (Å²) < 4.78 is 1.88. The van der Waals surface area contributed by atoms with Gasteiger partial charge in [-0.3, -0.25) is 0 Å². The number of thioether (sulfide) groups is 1. The van der Waals surface area contributed by atoms with Gasteiger partial charge in [0.15, 0.2) is 0 Å². The topological polar surface area (TPSA) is 55.6 Å². The minimum Gasteiger partial charge on any atom is -0.313 e. The van der Waals surface area contributed by atoms with Gasteiger partial charge in [0.05, 0.1) is 6.54 Å². The van der Waals surface area contributed by atoms with Crippen molar-refractivity contribution in [3.8, 4) is 0 Å². The van der Waals surface area contributed by atoms with Crippen LogP contribution in [0.2, 0.25) is 0 Å². The Hall–Kier alpha value is -0.880. The molecule has 0 saturated carbocycles. The van der Waals surface area contributed by atoms with Gasteiger partial charge in [-0.15, -0.1) is 11.7 Å². The van der Waals surface area contributed by atoms with Gasteiger partial charge >= 0.3 is 0 Å². The Bertz CT molecular complexity index is 351. The van der Waals surface area contributed by atoms with Gasteiger partial charge in [-0.2, -0.15) is 0 Å². The molecule has 0 aliphatic heterocycles. The number of rotatable bonds is 11. The summed E-state index contributed by atoms with van der Waals surface area (Å²) in [6.45, 7) is 9.73. The highest BCUT2D eigenvalue weighted by atomic mass is 32.2. The minimum atomic E-state index is 0.498. The predicted molar refractivity (Wildman–Crippen MR) is 80.3 cm³/mol. The highest BCUT2D eigenvalue weighted by molar-refractivity contribution is 7.99. The van der Waals surface area contributed by atoms with Crippen LogP contribution in [0.3, 0.4) is 0 Å². The number of nitrogens with zero attached hydrogens (tertiary/aromatic N) is 4. The summed E-state index contributed by atoms with van der Waals surface area (Å²) in [7, 11) is 0. The predicted octanol–water partition coefficient (Wildman–Crippen LogP) is 2.51. The summed E-state index contributed by atoms with van der Waals surface area (Å²) in [5.41, 5.74) is 0. The first kappa shape index (κ1) is 16.2. The molecule has 0 fully saturated rings. The minimum absolute atomic E-state index is 0.498. The van der Waals surface area contributed by atoms with Crippen LogP contribution in [0.25, 0.3) is 0 Å². The second-order valence-electron chi connectivity index (χ2n) is 4.78. The maximum Gasteiger partial charge on any atom is 0.209 e. The lowest BCUT2D eigenvalue weighted by atomic mass is 10.2. The van der Waals surface area contributed by atoms with E-state index in [1.807, 2.05) is 10.8 Å². The van der Waals surface area contributed by atoms with Gasteiger partial charge in [-0.25, -0.2) is 4.68 Å². The van der Waals surface area contributed by atoms with E-state index < -0.39 is 0 Å². The summed E-state index contributed by atoms with van der Waals surface area (Å²) in [5, 5.41) is 16.1. The van der Waals surface area contributed by atoms with Gasteiger partial charge in [0.2, 0.25) is 5.16 Å². The number of hydrogen-bond acceptors (Lipinski definition) is 5. The molecule has 6 heteroatoms. The Kier molecular flexibility index (Phi) is 8.49. The number of nitrogens with one attached hydrogen (secondary N) is 1. The van der Waals surface area contributed by atoms with E-state index in [0.717, 1.165) is 30.4 Å². The van der Waals surface area contributed by atoms with Crippen LogP contribution in [-0.2, 0) is 6.54 Å². The van der Waals surface area contributed by atoms with Crippen LogP contribution in [0.15, 0.2) is 17.8 Å².